The molecule has 1 saturated heterocycles. The minimum Gasteiger partial charge on any atom is -0.497 e. The minimum atomic E-state index is 0.101. The molecule has 0 aliphatic carbocycles. The first-order valence-corrected chi connectivity index (χ1v) is 13.2. The number of morpholine rings is 1. The molecule has 1 fully saturated rings. The molecule has 1 aliphatic heterocycles. The number of thioether (sulfide) groups is 1. The van der Waals surface area contributed by atoms with E-state index >= 15 is 0 Å². The van der Waals surface area contributed by atoms with E-state index in [2.05, 4.69) is 4.90 Å². The molecule has 2 heterocycles. The van der Waals surface area contributed by atoms with Crippen molar-refractivity contribution in [1.82, 2.24) is 9.88 Å². The molecule has 3 aromatic rings. The molecule has 4 rings (SSSR count). The number of fused-ring (bicyclic) bond motifs is 1. The first kappa shape index (κ1) is 24.3. The van der Waals surface area contributed by atoms with Crippen LogP contribution in [0.3, 0.4) is 0 Å². The lowest BCUT2D eigenvalue weighted by molar-refractivity contribution is -0.118. The fourth-order valence-electron chi connectivity index (χ4n) is 3.66. The molecule has 0 spiro atoms. The maximum absolute atomic E-state index is 13.3. The molecule has 6 nitrogen and oxygen atoms in total. The summed E-state index contributed by atoms with van der Waals surface area (Å²) in [6, 6.07) is 13.6. The van der Waals surface area contributed by atoms with Gasteiger partial charge in [-0.15, -0.1) is 11.8 Å². The fraction of sp³-hybridized carbons (Fsp3) is 0.417. The number of hydrogen-bond donors (Lipinski definition) is 0. The van der Waals surface area contributed by atoms with Gasteiger partial charge in [0.25, 0.3) is 0 Å². The summed E-state index contributed by atoms with van der Waals surface area (Å²) in [4.78, 5) is 23.4. The number of benzene rings is 2. The fourth-order valence-corrected chi connectivity index (χ4v) is 5.62. The van der Waals surface area contributed by atoms with Gasteiger partial charge in [-0.05, 0) is 42.8 Å². The number of thiazole rings is 1. The number of halogens is 1. The highest BCUT2D eigenvalue weighted by atomic mass is 35.5. The van der Waals surface area contributed by atoms with Gasteiger partial charge in [0.05, 0.1) is 30.5 Å². The monoisotopic (exact) mass is 505 g/mol. The zero-order chi connectivity index (χ0) is 23.0. The molecular formula is C24H28ClN3O3S2. The van der Waals surface area contributed by atoms with E-state index in [1.165, 1.54) is 0 Å². The van der Waals surface area contributed by atoms with Crippen LogP contribution in [0, 0.1) is 0 Å². The van der Waals surface area contributed by atoms with Gasteiger partial charge in [-0.2, -0.15) is 0 Å². The Morgan fingerprint density at radius 2 is 2.03 bits per heavy atom. The lowest BCUT2D eigenvalue weighted by Crippen LogP contribution is -2.39. The topological polar surface area (TPSA) is 54.9 Å². The maximum atomic E-state index is 13.3. The van der Waals surface area contributed by atoms with Crippen LogP contribution in [0.25, 0.3) is 10.2 Å². The number of ether oxygens (including phenoxy) is 2. The van der Waals surface area contributed by atoms with Crippen LogP contribution in [0.15, 0.2) is 47.4 Å². The van der Waals surface area contributed by atoms with Crippen LogP contribution in [0.4, 0.5) is 5.13 Å². The van der Waals surface area contributed by atoms with E-state index < -0.39 is 0 Å². The third-order valence-electron chi connectivity index (χ3n) is 5.47. The highest BCUT2D eigenvalue weighted by molar-refractivity contribution is 7.99. The average molecular weight is 506 g/mol. The molecule has 0 atom stereocenters. The second-order valence-corrected chi connectivity index (χ2v) is 10.3. The lowest BCUT2D eigenvalue weighted by atomic mass is 10.3. The van der Waals surface area contributed by atoms with Crippen molar-refractivity contribution in [3.63, 3.8) is 0 Å². The van der Waals surface area contributed by atoms with E-state index in [1.807, 2.05) is 47.4 Å². The number of carbonyl (C=O) groups is 1. The van der Waals surface area contributed by atoms with Gasteiger partial charge >= 0.3 is 0 Å². The van der Waals surface area contributed by atoms with Crippen LogP contribution >= 0.6 is 34.7 Å². The quantitative estimate of drug-likeness (QED) is 0.353. The van der Waals surface area contributed by atoms with Crippen molar-refractivity contribution in [2.24, 2.45) is 0 Å². The maximum Gasteiger partial charge on any atom is 0.229 e. The molecule has 0 saturated carbocycles. The summed E-state index contributed by atoms with van der Waals surface area (Å²) in [7, 11) is 1.65. The van der Waals surface area contributed by atoms with Crippen molar-refractivity contribution < 1.29 is 14.3 Å². The Morgan fingerprint density at radius 3 is 2.79 bits per heavy atom. The summed E-state index contributed by atoms with van der Waals surface area (Å²) in [6.45, 7) is 5.07. The van der Waals surface area contributed by atoms with E-state index in [0.29, 0.717) is 23.7 Å². The second-order valence-electron chi connectivity index (χ2n) is 7.74. The molecule has 1 aromatic heterocycles. The average Bonchev–Trinajstić information content (AvgIpc) is 3.26. The highest BCUT2D eigenvalue weighted by Gasteiger charge is 2.20. The van der Waals surface area contributed by atoms with E-state index in [0.717, 1.165) is 65.3 Å². The number of methoxy groups -OCH3 is 1. The zero-order valence-electron chi connectivity index (χ0n) is 18.7. The first-order valence-electron chi connectivity index (χ1n) is 11.1. The summed E-state index contributed by atoms with van der Waals surface area (Å²) in [6.07, 6.45) is 1.35. The smallest absolute Gasteiger partial charge is 0.229 e. The Bertz CT molecular complexity index is 1050. The van der Waals surface area contributed by atoms with Gasteiger partial charge in [-0.25, -0.2) is 4.98 Å². The van der Waals surface area contributed by atoms with Crippen molar-refractivity contribution in [3.8, 4) is 5.75 Å². The molecular weight excluding hydrogens is 478 g/mol. The third kappa shape index (κ3) is 6.83. The second kappa shape index (κ2) is 12.0. The summed E-state index contributed by atoms with van der Waals surface area (Å²) < 4.78 is 11.8. The molecule has 0 radical (unpaired) electrons. The molecule has 0 bridgehead atoms. The number of carbonyl (C=O) groups excluding carboxylic acids is 1. The Hall–Kier alpha value is -1.84. The first-order chi connectivity index (χ1) is 16.1. The molecule has 2 aromatic carbocycles. The predicted octanol–water partition coefficient (Wildman–Crippen LogP) is 5.20. The van der Waals surface area contributed by atoms with E-state index in [-0.39, 0.29) is 5.91 Å². The molecule has 9 heteroatoms. The zero-order valence-corrected chi connectivity index (χ0v) is 21.1. The molecule has 0 N–H and O–H groups in total. The van der Waals surface area contributed by atoms with Crippen LogP contribution in [0.1, 0.15) is 12.8 Å². The molecule has 1 aliphatic rings. The minimum absolute atomic E-state index is 0.101. The largest absolute Gasteiger partial charge is 0.497 e. The number of aromatic nitrogens is 1. The van der Waals surface area contributed by atoms with Crippen molar-refractivity contribution in [2.75, 3.05) is 57.2 Å². The molecule has 0 unspecified atom stereocenters. The molecule has 33 heavy (non-hydrogen) atoms. The van der Waals surface area contributed by atoms with Gasteiger partial charge in [0.2, 0.25) is 5.91 Å². The summed E-state index contributed by atoms with van der Waals surface area (Å²) in [5.74, 6) is 1.58. The Kier molecular flexibility index (Phi) is 8.86. The normalized spacial score (nSPS) is 14.5. The number of hydrogen-bond acceptors (Lipinski definition) is 7. The molecule has 176 valence electrons. The van der Waals surface area contributed by atoms with E-state index in [1.54, 1.807) is 30.2 Å². The Labute approximate surface area is 207 Å². The Morgan fingerprint density at radius 1 is 1.24 bits per heavy atom. The van der Waals surface area contributed by atoms with Crippen molar-refractivity contribution in [2.45, 2.75) is 17.7 Å². The molecule has 1 amide bonds. The SMILES string of the molecule is COc1ccc2sc(N(CCCN3CCOCC3)C(=O)CCSc3ccc(Cl)cc3)nc2c1. The van der Waals surface area contributed by atoms with Crippen LogP contribution in [-0.2, 0) is 9.53 Å². The van der Waals surface area contributed by atoms with Gasteiger partial charge in [0.1, 0.15) is 5.75 Å². The van der Waals surface area contributed by atoms with Crippen molar-refractivity contribution >= 4 is 56.0 Å². The lowest BCUT2D eigenvalue weighted by Gasteiger charge is -2.27. The van der Waals surface area contributed by atoms with Gasteiger partial charge in [0, 0.05) is 54.3 Å². The van der Waals surface area contributed by atoms with Gasteiger partial charge in [-0.1, -0.05) is 22.9 Å². The van der Waals surface area contributed by atoms with E-state index in [4.69, 9.17) is 26.1 Å². The summed E-state index contributed by atoms with van der Waals surface area (Å²) >= 11 is 9.19. The van der Waals surface area contributed by atoms with Crippen molar-refractivity contribution in [3.05, 3.63) is 47.5 Å². The summed E-state index contributed by atoms with van der Waals surface area (Å²) in [5, 5.41) is 1.47. The highest BCUT2D eigenvalue weighted by Crippen LogP contribution is 2.32. The van der Waals surface area contributed by atoms with Gasteiger partial charge in [-0.3, -0.25) is 14.6 Å². The number of anilines is 1. The number of rotatable bonds is 10. The standard InChI is InChI=1S/C24H28ClN3O3S2/c1-30-19-5-8-22-21(17-19)26-24(33-22)28(11-2-10-27-12-14-31-15-13-27)23(29)9-16-32-20-6-3-18(25)4-7-20/h3-8,17H,2,9-16H2,1H3. The van der Waals surface area contributed by atoms with Gasteiger partial charge in [0.15, 0.2) is 5.13 Å². The predicted molar refractivity (Wildman–Crippen MR) is 137 cm³/mol. The third-order valence-corrected chi connectivity index (χ3v) is 7.80. The van der Waals surface area contributed by atoms with Crippen LogP contribution in [0.2, 0.25) is 5.02 Å². The number of nitrogens with zero attached hydrogens (tertiary/aromatic N) is 3. The van der Waals surface area contributed by atoms with Crippen LogP contribution in [0.5, 0.6) is 5.75 Å². The van der Waals surface area contributed by atoms with Crippen LogP contribution < -0.4 is 9.64 Å². The van der Waals surface area contributed by atoms with Crippen LogP contribution in [-0.4, -0.2) is 68.0 Å². The van der Waals surface area contributed by atoms with Gasteiger partial charge < -0.3 is 9.47 Å². The van der Waals surface area contributed by atoms with Crippen molar-refractivity contribution in [1.29, 1.82) is 0 Å². The summed E-state index contributed by atoms with van der Waals surface area (Å²) in [5.41, 5.74) is 0.857. The number of amides is 1. The van der Waals surface area contributed by atoms with E-state index in [9.17, 15) is 4.79 Å². The Balaban J connectivity index is 1.42.